The highest BCUT2D eigenvalue weighted by Gasteiger charge is 2.25. The van der Waals surface area contributed by atoms with Crippen molar-refractivity contribution in [2.75, 3.05) is 5.32 Å². The van der Waals surface area contributed by atoms with Crippen LogP contribution in [0.2, 0.25) is 0 Å². The fraction of sp³-hybridized carbons (Fsp3) is 0.0119. The van der Waals surface area contributed by atoms with Crippen molar-refractivity contribution in [2.45, 2.75) is 6.04 Å². The number of para-hydroxylation sites is 4. The van der Waals surface area contributed by atoms with Crippen molar-refractivity contribution in [1.29, 1.82) is 0 Å². The van der Waals surface area contributed by atoms with Crippen molar-refractivity contribution in [2.24, 2.45) is 0 Å². The molecule has 10 heteroatoms. The molecule has 436 valence electrons. The fourth-order valence-electron chi connectivity index (χ4n) is 15.0. The maximum absolute atomic E-state index is 6.75. The van der Waals surface area contributed by atoms with Gasteiger partial charge in [-0.15, -0.1) is 11.3 Å². The molecule has 0 fully saturated rings. The largest absolute Gasteiger partial charge is 0.454 e. The van der Waals surface area contributed by atoms with Gasteiger partial charge in [0.25, 0.3) is 0 Å². The highest BCUT2D eigenvalue weighted by molar-refractivity contribution is 7.27. The normalized spacial score (nSPS) is 13.5. The molecule has 94 heavy (non-hydrogen) atoms. The minimum atomic E-state index is -0.102. The second kappa shape index (κ2) is 19.6. The number of aromatic nitrogens is 7. The van der Waals surface area contributed by atoms with Crippen LogP contribution in [-0.4, -0.2) is 28.7 Å². The fourth-order valence-corrected chi connectivity index (χ4v) is 16.3. The molecule has 0 radical (unpaired) electrons. The van der Waals surface area contributed by atoms with E-state index in [0.29, 0.717) is 0 Å². The molecule has 10 heterocycles. The second-order valence-electron chi connectivity index (χ2n) is 24.8. The Labute approximate surface area is 539 Å². The van der Waals surface area contributed by atoms with Crippen molar-refractivity contribution in [1.82, 2.24) is 28.7 Å². The van der Waals surface area contributed by atoms with Gasteiger partial charge in [-0.05, 0) is 119 Å². The Morgan fingerprint density at radius 1 is 0.415 bits per heavy atom. The van der Waals surface area contributed by atoms with E-state index in [2.05, 4.69) is 292 Å². The van der Waals surface area contributed by atoms with E-state index < -0.39 is 0 Å². The number of nitrogens with zero attached hydrogens (tertiary/aromatic N) is 6. The summed E-state index contributed by atoms with van der Waals surface area (Å²) < 4.78 is 13.9. The number of H-pyrrole nitrogens is 1. The van der Waals surface area contributed by atoms with E-state index in [1.54, 1.807) is 0 Å². The van der Waals surface area contributed by atoms with Gasteiger partial charge in [0.05, 0.1) is 60.9 Å². The first-order chi connectivity index (χ1) is 46.5. The first-order valence-corrected chi connectivity index (χ1v) is 32.6. The number of rotatable bonds is 6. The summed E-state index contributed by atoms with van der Waals surface area (Å²) in [7, 11) is 0. The maximum Gasteiger partial charge on any atom is 0.237 e. The van der Waals surface area contributed by atoms with Crippen molar-refractivity contribution < 1.29 is 9.40 Å². The third-order valence-electron chi connectivity index (χ3n) is 19.5. The lowest BCUT2D eigenvalue weighted by Gasteiger charge is -2.24. The molecule has 9 aromatic heterocycles. The minimum Gasteiger partial charge on any atom is -0.454 e. The molecule has 2 N–H and O–H groups in total. The lowest BCUT2D eigenvalue weighted by atomic mass is 9.94. The van der Waals surface area contributed by atoms with Gasteiger partial charge in [-0.3, -0.25) is 8.80 Å². The summed E-state index contributed by atoms with van der Waals surface area (Å²) in [5, 5.41) is 13.9. The summed E-state index contributed by atoms with van der Waals surface area (Å²) in [6.07, 6.45) is 4.51. The highest BCUT2D eigenvalue weighted by atomic mass is 32.1. The zero-order chi connectivity index (χ0) is 61.3. The van der Waals surface area contributed by atoms with Crippen molar-refractivity contribution in [3.05, 3.63) is 284 Å². The Bertz CT molecular complexity index is 6720. The van der Waals surface area contributed by atoms with Crippen molar-refractivity contribution in [3.8, 4) is 56.0 Å². The predicted molar refractivity (Wildman–Crippen MR) is 388 cm³/mol. The first-order valence-electron chi connectivity index (χ1n) is 31.8. The Kier molecular flexibility index (Phi) is 10.7. The van der Waals surface area contributed by atoms with Crippen LogP contribution in [-0.2, 0) is 0 Å². The number of thiophene rings is 1. The van der Waals surface area contributed by atoms with Crippen LogP contribution >= 0.6 is 11.3 Å². The number of nitrogens with one attached hydrogen (secondary N) is 2. The zero-order valence-electron chi connectivity index (χ0n) is 50.1. The summed E-state index contributed by atoms with van der Waals surface area (Å²) in [5.74, 6) is 0. The minimum absolute atomic E-state index is 0.102. The van der Waals surface area contributed by atoms with E-state index in [4.69, 9.17) is 24.4 Å². The molecule has 21 rings (SSSR count). The molecule has 11 aromatic carbocycles. The van der Waals surface area contributed by atoms with Crippen LogP contribution in [0.4, 0.5) is 5.69 Å². The van der Waals surface area contributed by atoms with Crippen LogP contribution in [0, 0.1) is 0 Å². The Balaban J connectivity index is 0.662. The smallest absolute Gasteiger partial charge is 0.237 e. The van der Waals surface area contributed by atoms with Crippen LogP contribution < -0.4 is 10.3 Å². The Morgan fingerprint density at radius 3 is 1.83 bits per heavy atom. The molecule has 0 bridgehead atoms. The van der Waals surface area contributed by atoms with E-state index in [9.17, 15) is 0 Å². The molecule has 20 aromatic rings. The van der Waals surface area contributed by atoms with Gasteiger partial charge in [0.1, 0.15) is 27.9 Å². The molecule has 0 aliphatic carbocycles. The summed E-state index contributed by atoms with van der Waals surface area (Å²) in [4.78, 5) is 25.3. The number of imidazole rings is 2. The topological polar surface area (TPSA) is 99.7 Å². The summed E-state index contributed by atoms with van der Waals surface area (Å²) in [6.45, 7) is 0. The van der Waals surface area contributed by atoms with E-state index in [0.717, 1.165) is 188 Å². The van der Waals surface area contributed by atoms with Gasteiger partial charge in [0.15, 0.2) is 5.58 Å². The molecule has 0 saturated carbocycles. The molecule has 0 spiro atoms. The van der Waals surface area contributed by atoms with Gasteiger partial charge in [-0.25, -0.2) is 24.9 Å². The molecule has 1 aliphatic rings. The number of pyridine rings is 5. The number of hydrogen-bond donors (Lipinski definition) is 1. The molecular formula is C84H49N8OS+. The molecule has 1 aliphatic heterocycles. The van der Waals surface area contributed by atoms with E-state index >= 15 is 0 Å². The van der Waals surface area contributed by atoms with Gasteiger partial charge in [0.2, 0.25) is 11.2 Å². The highest BCUT2D eigenvalue weighted by Crippen LogP contribution is 2.48. The molecule has 0 saturated heterocycles. The first kappa shape index (κ1) is 51.4. The van der Waals surface area contributed by atoms with Gasteiger partial charge in [0, 0.05) is 81.5 Å². The summed E-state index contributed by atoms with van der Waals surface area (Å²) >= 11 is 1.86. The predicted octanol–water partition coefficient (Wildman–Crippen LogP) is 21.4. The number of benzene rings is 11. The number of aromatic amines is 1. The number of fused-ring (bicyclic) bond motifs is 26. The molecular weight excluding hydrogens is 1170 g/mol. The van der Waals surface area contributed by atoms with Gasteiger partial charge < -0.3 is 9.73 Å². The SMILES string of the molecule is C1=CC(c2ccc(-c3cc(-c4ccc5ccc6ccc(-c7ccccc7)[nH+]c6c5n4)cc4c3sc3c5ccccc5c5nc6ccccc6n5c43)cc2)Nc2c1ccc1ccc(-c3cccc(-c4ccc5oc6c7ccccc7c7nc8ccccc8n7c6c5c4)c3)nc21. The Morgan fingerprint density at radius 2 is 1.02 bits per heavy atom. The van der Waals surface area contributed by atoms with Gasteiger partial charge in [-0.1, -0.05) is 182 Å². The van der Waals surface area contributed by atoms with Crippen LogP contribution in [0.1, 0.15) is 17.2 Å². The number of hydrogen-bond acceptors (Lipinski definition) is 7. The Hall–Kier alpha value is -12.4. The molecule has 0 amide bonds. The monoisotopic (exact) mass is 1220 g/mol. The number of anilines is 1. The molecule has 9 nitrogen and oxygen atoms in total. The van der Waals surface area contributed by atoms with Crippen molar-refractivity contribution >= 4 is 153 Å². The van der Waals surface area contributed by atoms with Crippen molar-refractivity contribution in [3.63, 3.8) is 0 Å². The maximum atomic E-state index is 6.75. The second-order valence-corrected chi connectivity index (χ2v) is 25.8. The third-order valence-corrected chi connectivity index (χ3v) is 20.8. The quantitative estimate of drug-likeness (QED) is 0.167. The van der Waals surface area contributed by atoms with E-state index in [1.165, 1.54) is 14.8 Å². The standard InChI is InChI=1S/C84H48N8OS/c1-2-13-48(14-3-1)65-38-33-50-30-32-53-36-41-68(88-77(53)75(50)85-65)57-45-62(81-64(46-57)79-82(94-81)59-18-5-7-20-61(59)84-90-70-22-9-11-24-72(70)92(79)84)47-25-27-49(28-26-47)66-39-34-51-29-31-52-35-40-67(87-76(52)74(51)86-66)56-16-12-15-54(43-56)55-37-42-73-63(44-55)78-80(93-73)58-17-4-6-19-60(58)83-89-69-21-8-10-23-71(69)91(78)83/h1-46,66,86H/p+1. The molecule has 1 unspecified atom stereocenters. The summed E-state index contributed by atoms with van der Waals surface area (Å²) in [5.41, 5.74) is 26.5. The third kappa shape index (κ3) is 7.59. The van der Waals surface area contributed by atoms with Crippen LogP contribution in [0.3, 0.4) is 0 Å². The lowest BCUT2D eigenvalue weighted by molar-refractivity contribution is -0.329. The van der Waals surface area contributed by atoms with Gasteiger partial charge in [-0.2, -0.15) is 0 Å². The summed E-state index contributed by atoms with van der Waals surface area (Å²) in [6, 6.07) is 95.4. The lowest BCUT2D eigenvalue weighted by Crippen LogP contribution is -2.13. The average molecular weight is 1220 g/mol. The zero-order valence-corrected chi connectivity index (χ0v) is 51.0. The molecule has 1 atom stereocenters. The van der Waals surface area contributed by atoms with E-state index in [-0.39, 0.29) is 6.04 Å². The van der Waals surface area contributed by atoms with Gasteiger partial charge >= 0.3 is 0 Å². The van der Waals surface area contributed by atoms with E-state index in [1.807, 2.05) is 17.4 Å². The van der Waals surface area contributed by atoms with Crippen LogP contribution in [0.5, 0.6) is 0 Å². The van der Waals surface area contributed by atoms with Crippen LogP contribution in [0.25, 0.3) is 192 Å². The average Bonchev–Trinajstić information content (AvgIpc) is 1.55. The number of furan rings is 1. The van der Waals surface area contributed by atoms with Crippen LogP contribution in [0.15, 0.2) is 277 Å².